The highest BCUT2D eigenvalue weighted by atomic mass is 32.2. The van der Waals surface area contributed by atoms with Gasteiger partial charge in [0, 0.05) is 20.8 Å². The number of hydrogen-bond acceptors (Lipinski definition) is 4. The largest absolute Gasteiger partial charge is 0.391 e. The summed E-state index contributed by atoms with van der Waals surface area (Å²) >= 11 is 0. The lowest BCUT2D eigenvalue weighted by atomic mass is 9.93. The first kappa shape index (κ1) is 14.9. The van der Waals surface area contributed by atoms with Gasteiger partial charge in [-0.2, -0.15) is 4.31 Å². The van der Waals surface area contributed by atoms with Gasteiger partial charge in [0.1, 0.15) is 0 Å². The van der Waals surface area contributed by atoms with Gasteiger partial charge in [-0.05, 0) is 19.3 Å². The molecule has 1 aliphatic carbocycles. The van der Waals surface area contributed by atoms with Gasteiger partial charge in [0.05, 0.1) is 17.9 Å². The maximum absolute atomic E-state index is 12.0. The minimum absolute atomic E-state index is 0.0839. The lowest BCUT2D eigenvalue weighted by Gasteiger charge is -2.34. The van der Waals surface area contributed by atoms with Crippen molar-refractivity contribution in [3.63, 3.8) is 0 Å². The highest BCUT2D eigenvalue weighted by molar-refractivity contribution is 7.89. The van der Waals surface area contributed by atoms with Crippen LogP contribution in [-0.2, 0) is 14.8 Å². The molecular weight excluding hydrogens is 242 g/mol. The van der Waals surface area contributed by atoms with E-state index in [0.29, 0.717) is 19.4 Å². The van der Waals surface area contributed by atoms with E-state index in [1.165, 1.54) is 4.31 Å². The summed E-state index contributed by atoms with van der Waals surface area (Å²) in [5.74, 6) is 0.0839. The zero-order valence-corrected chi connectivity index (χ0v) is 11.4. The Morgan fingerprint density at radius 3 is 2.59 bits per heavy atom. The van der Waals surface area contributed by atoms with E-state index in [0.717, 1.165) is 19.3 Å². The molecule has 1 rings (SSSR count). The summed E-state index contributed by atoms with van der Waals surface area (Å²) in [5, 5.41) is 9.84. The molecule has 0 aliphatic heterocycles. The monoisotopic (exact) mass is 265 g/mol. The molecule has 1 saturated carbocycles. The molecule has 0 bridgehead atoms. The topological polar surface area (TPSA) is 66.8 Å². The molecule has 2 unspecified atom stereocenters. The number of aliphatic hydroxyl groups is 1. The van der Waals surface area contributed by atoms with Crippen LogP contribution in [0.25, 0.3) is 0 Å². The number of nitrogens with zero attached hydrogens (tertiary/aromatic N) is 1. The van der Waals surface area contributed by atoms with Gasteiger partial charge < -0.3 is 9.84 Å². The van der Waals surface area contributed by atoms with E-state index >= 15 is 0 Å². The van der Waals surface area contributed by atoms with Crippen molar-refractivity contribution in [2.45, 2.75) is 44.2 Å². The van der Waals surface area contributed by atoms with Gasteiger partial charge in [0.15, 0.2) is 0 Å². The van der Waals surface area contributed by atoms with Crippen molar-refractivity contribution < 1.29 is 18.3 Å². The molecule has 0 amide bonds. The first-order valence-corrected chi connectivity index (χ1v) is 7.72. The van der Waals surface area contributed by atoms with E-state index in [9.17, 15) is 13.5 Å². The maximum Gasteiger partial charge on any atom is 0.214 e. The molecule has 0 aromatic rings. The molecular formula is C11H23NO4S. The van der Waals surface area contributed by atoms with Crippen LogP contribution in [-0.4, -0.2) is 56.5 Å². The average Bonchev–Trinajstić information content (AvgIpc) is 2.29. The molecule has 0 saturated heterocycles. The Bertz CT molecular complexity index is 317. The fourth-order valence-electron chi connectivity index (χ4n) is 2.25. The van der Waals surface area contributed by atoms with Crippen molar-refractivity contribution in [2.24, 2.45) is 0 Å². The predicted molar refractivity (Wildman–Crippen MR) is 66.3 cm³/mol. The van der Waals surface area contributed by atoms with Crippen LogP contribution in [0.15, 0.2) is 0 Å². The molecule has 0 radical (unpaired) electrons. The SMILES string of the molecule is COCCCS(=O)(=O)N(C)C1CCCCC1O. The second-order valence-electron chi connectivity index (χ2n) is 4.60. The van der Waals surface area contributed by atoms with E-state index < -0.39 is 16.1 Å². The number of methoxy groups -OCH3 is 1. The standard InChI is InChI=1S/C11H23NO4S/c1-12(10-6-3-4-7-11(10)13)17(14,15)9-5-8-16-2/h10-11,13H,3-9H2,1-2H3. The third kappa shape index (κ3) is 4.21. The summed E-state index contributed by atoms with van der Waals surface area (Å²) in [6.45, 7) is 0.445. The average molecular weight is 265 g/mol. The smallest absolute Gasteiger partial charge is 0.214 e. The lowest BCUT2D eigenvalue weighted by molar-refractivity contribution is 0.0637. The van der Waals surface area contributed by atoms with Crippen LogP contribution in [0.2, 0.25) is 0 Å². The van der Waals surface area contributed by atoms with E-state index in [2.05, 4.69) is 0 Å². The van der Waals surface area contributed by atoms with Gasteiger partial charge in [0.2, 0.25) is 10.0 Å². The van der Waals surface area contributed by atoms with Crippen molar-refractivity contribution in [3.8, 4) is 0 Å². The molecule has 0 aromatic heterocycles. The van der Waals surface area contributed by atoms with Gasteiger partial charge in [-0.1, -0.05) is 12.8 Å². The quantitative estimate of drug-likeness (QED) is 0.714. The van der Waals surface area contributed by atoms with Gasteiger partial charge in [-0.15, -0.1) is 0 Å². The molecule has 1 fully saturated rings. The third-order valence-corrected chi connectivity index (χ3v) is 5.30. The summed E-state index contributed by atoms with van der Waals surface area (Å²) in [6.07, 6.45) is 3.39. The summed E-state index contributed by atoms with van der Waals surface area (Å²) in [6, 6.07) is -0.253. The number of aliphatic hydroxyl groups excluding tert-OH is 1. The van der Waals surface area contributed by atoms with Crippen molar-refractivity contribution in [3.05, 3.63) is 0 Å². The Morgan fingerprint density at radius 2 is 2.00 bits per heavy atom. The summed E-state index contributed by atoms with van der Waals surface area (Å²) in [7, 11) is -0.144. The highest BCUT2D eigenvalue weighted by Gasteiger charge is 2.32. The van der Waals surface area contributed by atoms with Crippen molar-refractivity contribution >= 4 is 10.0 Å². The summed E-state index contributed by atoms with van der Waals surface area (Å²) < 4.78 is 30.2. The number of hydrogen-bond donors (Lipinski definition) is 1. The van der Waals surface area contributed by atoms with E-state index in [1.807, 2.05) is 0 Å². The van der Waals surface area contributed by atoms with Crippen molar-refractivity contribution in [1.29, 1.82) is 0 Å². The van der Waals surface area contributed by atoms with Crippen molar-refractivity contribution in [1.82, 2.24) is 4.31 Å². The van der Waals surface area contributed by atoms with Crippen LogP contribution in [0.1, 0.15) is 32.1 Å². The Balaban J connectivity index is 2.57. The third-order valence-electron chi connectivity index (χ3n) is 3.35. The van der Waals surface area contributed by atoms with E-state index in [1.54, 1.807) is 14.2 Å². The van der Waals surface area contributed by atoms with Gasteiger partial charge in [-0.25, -0.2) is 8.42 Å². The Hall–Kier alpha value is -0.170. The molecule has 1 N–H and O–H groups in total. The number of ether oxygens (including phenoxy) is 1. The number of sulfonamides is 1. The van der Waals surface area contributed by atoms with Crippen LogP contribution in [0.5, 0.6) is 0 Å². The molecule has 2 atom stereocenters. The lowest BCUT2D eigenvalue weighted by Crippen LogP contribution is -2.47. The van der Waals surface area contributed by atoms with Crippen LogP contribution in [0.4, 0.5) is 0 Å². The highest BCUT2D eigenvalue weighted by Crippen LogP contribution is 2.24. The second kappa shape index (κ2) is 6.68. The minimum Gasteiger partial charge on any atom is -0.391 e. The van der Waals surface area contributed by atoms with Crippen LogP contribution in [0.3, 0.4) is 0 Å². The first-order chi connectivity index (χ1) is 7.99. The van der Waals surface area contributed by atoms with Crippen LogP contribution < -0.4 is 0 Å². The first-order valence-electron chi connectivity index (χ1n) is 6.11. The molecule has 0 aromatic carbocycles. The van der Waals surface area contributed by atoms with E-state index in [4.69, 9.17) is 4.74 Å². The molecule has 0 spiro atoms. The Morgan fingerprint density at radius 1 is 1.35 bits per heavy atom. The fraction of sp³-hybridized carbons (Fsp3) is 1.00. The second-order valence-corrected chi connectivity index (χ2v) is 6.75. The molecule has 17 heavy (non-hydrogen) atoms. The normalized spacial score (nSPS) is 26.4. The molecule has 1 aliphatic rings. The van der Waals surface area contributed by atoms with Crippen LogP contribution in [0, 0.1) is 0 Å². The molecule has 6 heteroatoms. The minimum atomic E-state index is -3.27. The zero-order valence-electron chi connectivity index (χ0n) is 10.6. The van der Waals surface area contributed by atoms with Gasteiger partial charge in [0.25, 0.3) is 0 Å². The van der Waals surface area contributed by atoms with Crippen LogP contribution >= 0.6 is 0 Å². The summed E-state index contributed by atoms with van der Waals surface area (Å²) in [4.78, 5) is 0. The Labute approximate surface area is 104 Å². The zero-order chi connectivity index (χ0) is 12.9. The molecule has 102 valence electrons. The molecule has 0 heterocycles. The maximum atomic E-state index is 12.0. The number of likely N-dealkylation sites (N-methyl/N-ethyl adjacent to an activating group) is 1. The predicted octanol–water partition coefficient (Wildman–Crippen LogP) is 0.588. The molecule has 5 nitrogen and oxygen atoms in total. The summed E-state index contributed by atoms with van der Waals surface area (Å²) in [5.41, 5.74) is 0. The number of rotatable bonds is 6. The van der Waals surface area contributed by atoms with Gasteiger partial charge >= 0.3 is 0 Å². The van der Waals surface area contributed by atoms with Gasteiger partial charge in [-0.3, -0.25) is 0 Å². The fourth-order valence-corrected chi connectivity index (χ4v) is 3.68. The van der Waals surface area contributed by atoms with Crippen molar-refractivity contribution in [2.75, 3.05) is 26.5 Å². The Kier molecular flexibility index (Phi) is 5.85. The van der Waals surface area contributed by atoms with E-state index in [-0.39, 0.29) is 11.8 Å².